The average Bonchev–Trinajstić information content (AvgIpc) is 2.78. The summed E-state index contributed by atoms with van der Waals surface area (Å²) in [6.45, 7) is 1.33. The van der Waals surface area contributed by atoms with Crippen molar-refractivity contribution in [2.24, 2.45) is 0 Å². The second-order valence-electron chi connectivity index (χ2n) is 4.69. The van der Waals surface area contributed by atoms with Gasteiger partial charge in [-0.15, -0.1) is 0 Å². The summed E-state index contributed by atoms with van der Waals surface area (Å²) in [5.74, 6) is 1.69. The first-order valence-corrected chi connectivity index (χ1v) is 6.18. The van der Waals surface area contributed by atoms with Crippen LogP contribution in [0.4, 0.5) is 0 Å². The molecule has 0 bridgehead atoms. The third kappa shape index (κ3) is 2.17. The topological polar surface area (TPSA) is 50.7 Å². The van der Waals surface area contributed by atoms with Crippen molar-refractivity contribution in [2.75, 3.05) is 13.3 Å². The number of benzene rings is 1. The maximum atomic E-state index is 9.94. The van der Waals surface area contributed by atoms with E-state index in [0.29, 0.717) is 17.5 Å². The van der Waals surface area contributed by atoms with Gasteiger partial charge < -0.3 is 19.9 Å². The first-order valence-electron chi connectivity index (χ1n) is 6.18. The van der Waals surface area contributed by atoms with Gasteiger partial charge in [-0.1, -0.05) is 6.42 Å². The lowest BCUT2D eigenvalue weighted by atomic mass is 9.97. The van der Waals surface area contributed by atoms with E-state index in [1.165, 1.54) is 19.3 Å². The quantitative estimate of drug-likeness (QED) is 0.820. The second kappa shape index (κ2) is 4.45. The molecule has 2 heterocycles. The van der Waals surface area contributed by atoms with Gasteiger partial charge in [-0.3, -0.25) is 0 Å². The second-order valence-corrected chi connectivity index (χ2v) is 4.69. The van der Waals surface area contributed by atoms with Crippen molar-refractivity contribution in [1.29, 1.82) is 0 Å². The Labute approximate surface area is 101 Å². The maximum Gasteiger partial charge on any atom is 0.231 e. The molecule has 0 aromatic heterocycles. The molecule has 1 unspecified atom stereocenters. The zero-order valence-corrected chi connectivity index (χ0v) is 9.74. The molecule has 0 spiro atoms. The predicted molar refractivity (Wildman–Crippen MR) is 63.6 cm³/mol. The van der Waals surface area contributed by atoms with Crippen LogP contribution in [-0.4, -0.2) is 24.5 Å². The van der Waals surface area contributed by atoms with Crippen LogP contribution in [0.5, 0.6) is 17.2 Å². The molecule has 0 saturated carbocycles. The van der Waals surface area contributed by atoms with Crippen molar-refractivity contribution in [1.82, 2.24) is 5.32 Å². The highest BCUT2D eigenvalue weighted by Crippen LogP contribution is 2.38. The van der Waals surface area contributed by atoms with Gasteiger partial charge in [0.1, 0.15) is 5.75 Å². The van der Waals surface area contributed by atoms with E-state index in [4.69, 9.17) is 9.47 Å². The summed E-state index contributed by atoms with van der Waals surface area (Å²) in [7, 11) is 0. The number of phenols is 1. The van der Waals surface area contributed by atoms with Crippen LogP contribution >= 0.6 is 0 Å². The van der Waals surface area contributed by atoms with Gasteiger partial charge in [-0.2, -0.15) is 0 Å². The Bertz CT molecular complexity index is 413. The fourth-order valence-electron chi connectivity index (χ4n) is 2.50. The van der Waals surface area contributed by atoms with Gasteiger partial charge in [0.2, 0.25) is 6.79 Å². The number of hydrogen-bond acceptors (Lipinski definition) is 4. The fraction of sp³-hybridized carbons (Fsp3) is 0.538. The number of nitrogens with one attached hydrogen (secondary N) is 1. The summed E-state index contributed by atoms with van der Waals surface area (Å²) < 4.78 is 10.6. The van der Waals surface area contributed by atoms with Crippen LogP contribution in [0.1, 0.15) is 24.8 Å². The summed E-state index contributed by atoms with van der Waals surface area (Å²) in [4.78, 5) is 0. The number of aromatic hydroxyl groups is 1. The molecule has 17 heavy (non-hydrogen) atoms. The molecule has 1 fully saturated rings. The molecule has 1 aromatic rings. The Morgan fingerprint density at radius 2 is 2.06 bits per heavy atom. The van der Waals surface area contributed by atoms with Crippen molar-refractivity contribution in [3.05, 3.63) is 17.7 Å². The van der Waals surface area contributed by atoms with E-state index in [1.807, 2.05) is 6.07 Å². The molecule has 92 valence electrons. The van der Waals surface area contributed by atoms with E-state index in [1.54, 1.807) is 6.07 Å². The third-order valence-electron chi connectivity index (χ3n) is 3.45. The van der Waals surface area contributed by atoms with Crippen molar-refractivity contribution < 1.29 is 14.6 Å². The Morgan fingerprint density at radius 3 is 2.82 bits per heavy atom. The van der Waals surface area contributed by atoms with Gasteiger partial charge in [0, 0.05) is 12.1 Å². The predicted octanol–water partition coefficient (Wildman–Crippen LogP) is 1.81. The first kappa shape index (κ1) is 10.7. The van der Waals surface area contributed by atoms with Crippen LogP contribution in [-0.2, 0) is 6.42 Å². The molecule has 3 rings (SSSR count). The Morgan fingerprint density at radius 1 is 1.24 bits per heavy atom. The van der Waals surface area contributed by atoms with E-state index < -0.39 is 0 Å². The smallest absolute Gasteiger partial charge is 0.231 e. The largest absolute Gasteiger partial charge is 0.508 e. The number of hydrogen-bond donors (Lipinski definition) is 2. The van der Waals surface area contributed by atoms with E-state index in [9.17, 15) is 5.11 Å². The number of fused-ring (bicyclic) bond motifs is 1. The molecule has 1 aromatic carbocycles. The molecule has 0 radical (unpaired) electrons. The highest BCUT2D eigenvalue weighted by atomic mass is 16.7. The highest BCUT2D eigenvalue weighted by Gasteiger charge is 2.20. The fourth-order valence-corrected chi connectivity index (χ4v) is 2.50. The monoisotopic (exact) mass is 235 g/mol. The summed E-state index contributed by atoms with van der Waals surface area (Å²) in [5.41, 5.74) is 0.939. The minimum atomic E-state index is 0.250. The van der Waals surface area contributed by atoms with Crippen LogP contribution in [0, 0.1) is 0 Å². The molecular formula is C13H17NO3. The summed E-state index contributed by atoms with van der Waals surface area (Å²) in [5, 5.41) is 13.4. The molecule has 0 amide bonds. The van der Waals surface area contributed by atoms with E-state index >= 15 is 0 Å². The Hall–Kier alpha value is -1.42. The highest BCUT2D eigenvalue weighted by molar-refractivity contribution is 5.51. The molecule has 2 aliphatic heterocycles. The van der Waals surface area contributed by atoms with Crippen LogP contribution < -0.4 is 14.8 Å². The summed E-state index contributed by atoms with van der Waals surface area (Å²) >= 11 is 0. The number of rotatable bonds is 2. The number of ether oxygens (including phenoxy) is 2. The zero-order chi connectivity index (χ0) is 11.7. The Balaban J connectivity index is 1.78. The van der Waals surface area contributed by atoms with E-state index in [0.717, 1.165) is 24.3 Å². The number of phenolic OH excluding ortho intramolecular Hbond substituents is 1. The summed E-state index contributed by atoms with van der Waals surface area (Å²) in [6.07, 6.45) is 4.54. The molecule has 4 heteroatoms. The van der Waals surface area contributed by atoms with Crippen LogP contribution in [0.3, 0.4) is 0 Å². The third-order valence-corrected chi connectivity index (χ3v) is 3.45. The number of piperidine rings is 1. The zero-order valence-electron chi connectivity index (χ0n) is 9.74. The van der Waals surface area contributed by atoms with Gasteiger partial charge >= 0.3 is 0 Å². The lowest BCUT2D eigenvalue weighted by molar-refractivity contribution is 0.174. The van der Waals surface area contributed by atoms with Gasteiger partial charge in [0.15, 0.2) is 11.5 Å². The molecule has 0 aliphatic carbocycles. The van der Waals surface area contributed by atoms with Crippen molar-refractivity contribution in [3.8, 4) is 17.2 Å². The van der Waals surface area contributed by atoms with E-state index in [-0.39, 0.29) is 6.79 Å². The van der Waals surface area contributed by atoms with Gasteiger partial charge in [0.05, 0.1) is 0 Å². The van der Waals surface area contributed by atoms with Crippen molar-refractivity contribution in [2.45, 2.75) is 31.7 Å². The molecule has 2 N–H and O–H groups in total. The summed E-state index contributed by atoms with van der Waals surface area (Å²) in [6, 6.07) is 4.02. The Kier molecular flexibility index (Phi) is 2.81. The standard InChI is InChI=1S/C13H17NO3/c15-11-7-13-12(16-8-17-13)6-9(11)5-10-3-1-2-4-14-10/h6-7,10,14-15H,1-5,8H2. The van der Waals surface area contributed by atoms with Gasteiger partial charge in [-0.05, 0) is 37.4 Å². The minimum Gasteiger partial charge on any atom is -0.508 e. The van der Waals surface area contributed by atoms with Crippen LogP contribution in [0.25, 0.3) is 0 Å². The average molecular weight is 235 g/mol. The van der Waals surface area contributed by atoms with Gasteiger partial charge in [0.25, 0.3) is 0 Å². The normalized spacial score (nSPS) is 22.7. The van der Waals surface area contributed by atoms with Gasteiger partial charge in [-0.25, -0.2) is 0 Å². The SMILES string of the molecule is Oc1cc2c(cc1CC1CCCCN1)OCO2. The van der Waals surface area contributed by atoms with Crippen LogP contribution in [0.2, 0.25) is 0 Å². The van der Waals surface area contributed by atoms with Crippen LogP contribution in [0.15, 0.2) is 12.1 Å². The molecular weight excluding hydrogens is 218 g/mol. The maximum absolute atomic E-state index is 9.94. The molecule has 4 nitrogen and oxygen atoms in total. The van der Waals surface area contributed by atoms with Crippen molar-refractivity contribution in [3.63, 3.8) is 0 Å². The first-order chi connectivity index (χ1) is 8.33. The van der Waals surface area contributed by atoms with Crippen molar-refractivity contribution >= 4 is 0 Å². The molecule has 1 atom stereocenters. The minimum absolute atomic E-state index is 0.250. The lowest BCUT2D eigenvalue weighted by Gasteiger charge is -2.23. The molecule has 2 aliphatic rings. The lowest BCUT2D eigenvalue weighted by Crippen LogP contribution is -2.35. The van der Waals surface area contributed by atoms with E-state index in [2.05, 4.69) is 5.32 Å². The molecule has 1 saturated heterocycles.